The van der Waals surface area contributed by atoms with Gasteiger partial charge in [0.25, 0.3) is 0 Å². The number of benzene rings is 1. The Bertz CT molecular complexity index is 275. The fraction of sp³-hybridized carbons (Fsp3) is 0.143. The highest BCUT2D eigenvalue weighted by molar-refractivity contribution is 6.66. The monoisotopic (exact) mass is 228 g/mol. The molecular weight excluding hydrogens is 225 g/mol. The van der Waals surface area contributed by atoms with Gasteiger partial charge in [-0.3, -0.25) is 0 Å². The molecule has 1 N–H and O–H groups in total. The molecule has 0 spiro atoms. The van der Waals surface area contributed by atoms with Gasteiger partial charge in [-0.2, -0.15) is 0 Å². The molecule has 5 heteroatoms. The number of aromatic hydroxyl groups is 1. The van der Waals surface area contributed by atoms with Crippen LogP contribution in [-0.4, -0.2) is 5.11 Å². The Morgan fingerprint density at radius 2 is 1.75 bits per heavy atom. The molecule has 66 valence electrons. The van der Waals surface area contributed by atoms with Crippen molar-refractivity contribution in [3.63, 3.8) is 0 Å². The Kier molecular flexibility index (Phi) is 2.71. The molecule has 1 aromatic rings. The van der Waals surface area contributed by atoms with Gasteiger partial charge < -0.3 is 5.11 Å². The second-order valence-corrected chi connectivity index (χ2v) is 4.48. The molecule has 0 saturated carbocycles. The molecule has 0 aromatic heterocycles. The molecule has 1 aromatic carbocycles. The smallest absolute Gasteiger partial charge is 0.216 e. The van der Waals surface area contributed by atoms with Crippen LogP contribution in [0.3, 0.4) is 0 Å². The summed E-state index contributed by atoms with van der Waals surface area (Å²) in [5.41, 5.74) is 0.102. The van der Waals surface area contributed by atoms with Crippen molar-refractivity contribution in [3.05, 3.63) is 29.6 Å². The molecule has 0 heterocycles. The predicted octanol–water partition coefficient (Wildman–Crippen LogP) is 3.36. The van der Waals surface area contributed by atoms with Crippen molar-refractivity contribution in [1.82, 2.24) is 0 Å². The molecule has 0 aliphatic carbocycles. The molecule has 0 unspecified atom stereocenters. The largest absolute Gasteiger partial charge is 0.508 e. The second kappa shape index (κ2) is 3.29. The van der Waals surface area contributed by atoms with E-state index in [-0.39, 0.29) is 11.3 Å². The minimum absolute atomic E-state index is 0.102. The van der Waals surface area contributed by atoms with Crippen LogP contribution in [0.1, 0.15) is 5.56 Å². The third kappa shape index (κ3) is 2.41. The van der Waals surface area contributed by atoms with Crippen LogP contribution in [-0.2, 0) is 3.79 Å². The van der Waals surface area contributed by atoms with E-state index in [1.807, 2.05) is 0 Å². The van der Waals surface area contributed by atoms with Gasteiger partial charge in [0.1, 0.15) is 11.6 Å². The second-order valence-electron chi connectivity index (χ2n) is 2.20. The molecular formula is C7H4Cl3FO. The lowest BCUT2D eigenvalue weighted by molar-refractivity contribution is 0.468. The molecule has 1 nitrogen and oxygen atoms in total. The van der Waals surface area contributed by atoms with Crippen LogP contribution in [0, 0.1) is 5.82 Å². The maximum atomic E-state index is 12.6. The molecule has 0 atom stereocenters. The topological polar surface area (TPSA) is 20.2 Å². The summed E-state index contributed by atoms with van der Waals surface area (Å²) in [4.78, 5) is 0. The Hall–Kier alpha value is -0.180. The van der Waals surface area contributed by atoms with Crippen LogP contribution in [0.25, 0.3) is 0 Å². The third-order valence-corrected chi connectivity index (χ3v) is 1.86. The lowest BCUT2D eigenvalue weighted by Crippen LogP contribution is -1.99. The zero-order chi connectivity index (χ0) is 9.35. The van der Waals surface area contributed by atoms with E-state index in [0.717, 1.165) is 12.1 Å². The first-order valence-electron chi connectivity index (χ1n) is 2.96. The van der Waals surface area contributed by atoms with E-state index in [4.69, 9.17) is 39.9 Å². The van der Waals surface area contributed by atoms with Gasteiger partial charge in [-0.25, -0.2) is 4.39 Å². The van der Waals surface area contributed by atoms with E-state index in [0.29, 0.717) is 0 Å². The van der Waals surface area contributed by atoms with E-state index in [1.165, 1.54) is 6.07 Å². The van der Waals surface area contributed by atoms with Gasteiger partial charge in [-0.1, -0.05) is 34.8 Å². The van der Waals surface area contributed by atoms with Gasteiger partial charge in [0.2, 0.25) is 3.79 Å². The van der Waals surface area contributed by atoms with Crippen LogP contribution < -0.4 is 0 Å². The average Bonchev–Trinajstić information content (AvgIpc) is 1.82. The number of hydrogen-bond acceptors (Lipinski definition) is 1. The average molecular weight is 229 g/mol. The summed E-state index contributed by atoms with van der Waals surface area (Å²) in [6, 6.07) is 3.17. The zero-order valence-electron chi connectivity index (χ0n) is 5.69. The maximum Gasteiger partial charge on any atom is 0.216 e. The first-order valence-corrected chi connectivity index (χ1v) is 4.10. The van der Waals surface area contributed by atoms with Crippen molar-refractivity contribution in [2.45, 2.75) is 3.79 Å². The summed E-state index contributed by atoms with van der Waals surface area (Å²) in [6.07, 6.45) is 0. The van der Waals surface area contributed by atoms with E-state index >= 15 is 0 Å². The lowest BCUT2D eigenvalue weighted by Gasteiger charge is -2.10. The summed E-state index contributed by atoms with van der Waals surface area (Å²) >= 11 is 16.4. The number of rotatable bonds is 0. The van der Waals surface area contributed by atoms with E-state index < -0.39 is 9.61 Å². The minimum atomic E-state index is -1.71. The van der Waals surface area contributed by atoms with Crippen LogP contribution in [0.5, 0.6) is 5.75 Å². The highest BCUT2D eigenvalue weighted by atomic mass is 35.6. The standard InChI is InChI=1S/C7H4Cl3FO/c8-7(9,10)4-1-5(11)3-6(12)2-4/h1-3,12H. The minimum Gasteiger partial charge on any atom is -0.508 e. The molecule has 12 heavy (non-hydrogen) atoms. The van der Waals surface area contributed by atoms with Crippen molar-refractivity contribution >= 4 is 34.8 Å². The van der Waals surface area contributed by atoms with Gasteiger partial charge in [0.05, 0.1) is 0 Å². The molecule has 0 aliphatic heterocycles. The SMILES string of the molecule is Oc1cc(F)cc(C(Cl)(Cl)Cl)c1. The quantitative estimate of drug-likeness (QED) is 0.676. The highest BCUT2D eigenvalue weighted by Gasteiger charge is 2.23. The molecule has 0 saturated heterocycles. The normalized spacial score (nSPS) is 11.7. The van der Waals surface area contributed by atoms with Crippen LogP contribution in [0.15, 0.2) is 18.2 Å². The van der Waals surface area contributed by atoms with Crippen LogP contribution in [0.4, 0.5) is 4.39 Å². The summed E-state index contributed by atoms with van der Waals surface area (Å²) in [5, 5.41) is 8.94. The van der Waals surface area contributed by atoms with Gasteiger partial charge in [-0.15, -0.1) is 0 Å². The third-order valence-electron chi connectivity index (χ3n) is 1.21. The summed E-state index contributed by atoms with van der Waals surface area (Å²) < 4.78 is 10.9. The van der Waals surface area contributed by atoms with Crippen molar-refractivity contribution in [1.29, 1.82) is 0 Å². The number of hydrogen-bond donors (Lipinski definition) is 1. The summed E-state index contributed by atoms with van der Waals surface area (Å²) in [5.74, 6) is -0.910. The Labute approximate surface area is 83.7 Å². The van der Waals surface area contributed by atoms with Crippen LogP contribution in [0.2, 0.25) is 0 Å². The Balaban J connectivity index is 3.18. The highest BCUT2D eigenvalue weighted by Crippen LogP contribution is 2.39. The van der Waals surface area contributed by atoms with Crippen LogP contribution >= 0.6 is 34.8 Å². The summed E-state index contributed by atoms with van der Waals surface area (Å²) in [7, 11) is 0. The Morgan fingerprint density at radius 1 is 1.17 bits per heavy atom. The first-order chi connectivity index (χ1) is 5.39. The number of phenols is 1. The zero-order valence-corrected chi connectivity index (χ0v) is 7.96. The molecule has 0 fully saturated rings. The van der Waals surface area contributed by atoms with E-state index in [9.17, 15) is 4.39 Å². The van der Waals surface area contributed by atoms with Crippen molar-refractivity contribution in [3.8, 4) is 5.75 Å². The predicted molar refractivity (Wildman–Crippen MR) is 47.3 cm³/mol. The van der Waals surface area contributed by atoms with Gasteiger partial charge >= 0.3 is 0 Å². The maximum absolute atomic E-state index is 12.6. The van der Waals surface area contributed by atoms with Gasteiger partial charge in [0, 0.05) is 11.6 Å². The molecule has 0 amide bonds. The fourth-order valence-corrected chi connectivity index (χ4v) is 1.07. The number of alkyl halides is 3. The molecule has 0 bridgehead atoms. The fourth-order valence-electron chi connectivity index (χ4n) is 0.738. The van der Waals surface area contributed by atoms with E-state index in [2.05, 4.69) is 0 Å². The number of phenolic OH excluding ortho intramolecular Hbond substituents is 1. The first kappa shape index (κ1) is 9.90. The Morgan fingerprint density at radius 3 is 2.17 bits per heavy atom. The van der Waals surface area contributed by atoms with Gasteiger partial charge in [0.15, 0.2) is 0 Å². The molecule has 1 rings (SSSR count). The molecule has 0 radical (unpaired) electrons. The van der Waals surface area contributed by atoms with Gasteiger partial charge in [-0.05, 0) is 12.1 Å². The molecule has 0 aliphatic rings. The van der Waals surface area contributed by atoms with Crippen molar-refractivity contribution in [2.24, 2.45) is 0 Å². The summed E-state index contributed by atoms with van der Waals surface area (Å²) in [6.45, 7) is 0. The van der Waals surface area contributed by atoms with Crippen molar-refractivity contribution < 1.29 is 9.50 Å². The van der Waals surface area contributed by atoms with E-state index in [1.54, 1.807) is 0 Å². The van der Waals surface area contributed by atoms with Crippen molar-refractivity contribution in [2.75, 3.05) is 0 Å². The lowest BCUT2D eigenvalue weighted by atomic mass is 10.2. The number of halogens is 4.